The third-order valence-corrected chi connectivity index (χ3v) is 2.27. The molecule has 3 nitrogen and oxygen atoms in total. The molecule has 0 fully saturated rings. The Hall–Kier alpha value is -1.27. The quantitative estimate of drug-likeness (QED) is 0.922. The molecule has 0 bridgehead atoms. The van der Waals surface area contributed by atoms with E-state index in [4.69, 9.17) is 5.73 Å². The van der Waals surface area contributed by atoms with Gasteiger partial charge in [0.05, 0.1) is 12.1 Å². The zero-order chi connectivity index (χ0) is 13.1. The smallest absolute Gasteiger partial charge is 0.340 e. The molecule has 0 aliphatic rings. The lowest BCUT2D eigenvalue weighted by atomic mass is 10.1. The molecule has 0 unspecified atom stereocenters. The largest absolute Gasteiger partial charge is 0.416 e. The van der Waals surface area contributed by atoms with Crippen LogP contribution in [0, 0.1) is 0 Å². The first-order valence-corrected chi connectivity index (χ1v) is 4.94. The van der Waals surface area contributed by atoms with Gasteiger partial charge >= 0.3 is 6.18 Å². The van der Waals surface area contributed by atoms with Crippen LogP contribution in [0.5, 0.6) is 0 Å². The molecule has 0 radical (unpaired) electrons. The molecule has 0 saturated carbocycles. The fourth-order valence-corrected chi connectivity index (χ4v) is 1.36. The molecule has 2 N–H and O–H groups in total. The molecule has 0 aliphatic carbocycles. The zero-order valence-electron chi connectivity index (χ0n) is 9.70. The van der Waals surface area contributed by atoms with Crippen molar-refractivity contribution >= 4 is 18.3 Å². The predicted molar refractivity (Wildman–Crippen MR) is 64.2 cm³/mol. The van der Waals surface area contributed by atoms with Crippen molar-refractivity contribution in [1.82, 2.24) is 4.90 Å². The summed E-state index contributed by atoms with van der Waals surface area (Å²) >= 11 is 0. The molecule has 0 aliphatic heterocycles. The topological polar surface area (TPSA) is 46.3 Å². The number of nitrogens with zero attached hydrogens (tertiary/aromatic N) is 1. The van der Waals surface area contributed by atoms with Gasteiger partial charge in [-0.15, -0.1) is 12.4 Å². The van der Waals surface area contributed by atoms with Gasteiger partial charge in [-0.05, 0) is 17.7 Å². The fraction of sp³-hybridized carbons (Fsp3) is 0.364. The van der Waals surface area contributed by atoms with Crippen molar-refractivity contribution in [3.8, 4) is 0 Å². The Morgan fingerprint density at radius 3 is 2.50 bits per heavy atom. The van der Waals surface area contributed by atoms with Gasteiger partial charge in [0.15, 0.2) is 0 Å². The van der Waals surface area contributed by atoms with Gasteiger partial charge in [0.25, 0.3) is 0 Å². The van der Waals surface area contributed by atoms with Crippen molar-refractivity contribution in [2.75, 3.05) is 13.6 Å². The van der Waals surface area contributed by atoms with Crippen LogP contribution in [-0.2, 0) is 17.5 Å². The summed E-state index contributed by atoms with van der Waals surface area (Å²) in [6, 6.07) is 4.88. The first-order chi connectivity index (χ1) is 7.84. The first-order valence-electron chi connectivity index (χ1n) is 4.94. The van der Waals surface area contributed by atoms with Crippen LogP contribution < -0.4 is 5.73 Å². The lowest BCUT2D eigenvalue weighted by molar-refractivity contribution is -0.137. The summed E-state index contributed by atoms with van der Waals surface area (Å²) in [5.74, 6) is -0.317. The molecule has 1 rings (SSSR count). The molecule has 0 heterocycles. The van der Waals surface area contributed by atoms with Crippen LogP contribution in [0.3, 0.4) is 0 Å². The number of likely N-dealkylation sites (N-methyl/N-ethyl adjacent to an activating group) is 1. The summed E-state index contributed by atoms with van der Waals surface area (Å²) < 4.78 is 37.3. The van der Waals surface area contributed by atoms with Crippen LogP contribution in [0.2, 0.25) is 0 Å². The number of alkyl halides is 3. The monoisotopic (exact) mass is 282 g/mol. The van der Waals surface area contributed by atoms with Crippen LogP contribution in [0.15, 0.2) is 24.3 Å². The second kappa shape index (κ2) is 6.61. The van der Waals surface area contributed by atoms with Crippen LogP contribution in [0.25, 0.3) is 0 Å². The Morgan fingerprint density at radius 1 is 1.39 bits per heavy atom. The number of benzene rings is 1. The Kier molecular flexibility index (Phi) is 6.14. The van der Waals surface area contributed by atoms with Crippen LogP contribution >= 0.6 is 12.4 Å². The SMILES string of the molecule is CN(Cc1cccc(C(F)(F)F)c1)C(=O)CN.Cl. The van der Waals surface area contributed by atoms with Gasteiger partial charge in [-0.1, -0.05) is 12.1 Å². The summed E-state index contributed by atoms with van der Waals surface area (Å²) in [5, 5.41) is 0. The third kappa shape index (κ3) is 4.54. The molecule has 0 spiro atoms. The molecule has 1 aromatic rings. The molecular weight excluding hydrogens is 269 g/mol. The minimum absolute atomic E-state index is 0. The van der Waals surface area contributed by atoms with E-state index in [0.29, 0.717) is 5.56 Å². The molecule has 0 atom stereocenters. The number of halogens is 4. The van der Waals surface area contributed by atoms with Crippen molar-refractivity contribution in [3.63, 3.8) is 0 Å². The van der Waals surface area contributed by atoms with Crippen molar-refractivity contribution in [2.45, 2.75) is 12.7 Å². The van der Waals surface area contributed by atoms with Crippen LogP contribution in [0.4, 0.5) is 13.2 Å². The van der Waals surface area contributed by atoms with E-state index in [1.807, 2.05) is 0 Å². The highest BCUT2D eigenvalue weighted by atomic mass is 35.5. The second-order valence-electron chi connectivity index (χ2n) is 3.65. The highest BCUT2D eigenvalue weighted by Crippen LogP contribution is 2.29. The van der Waals surface area contributed by atoms with E-state index in [2.05, 4.69) is 0 Å². The average molecular weight is 283 g/mol. The number of amides is 1. The molecule has 0 aromatic heterocycles. The van der Waals surface area contributed by atoms with E-state index in [-0.39, 0.29) is 31.4 Å². The Balaban J connectivity index is 0.00000289. The molecule has 102 valence electrons. The normalized spacial score (nSPS) is 10.7. The van der Waals surface area contributed by atoms with E-state index < -0.39 is 11.7 Å². The first kappa shape index (κ1) is 16.7. The number of rotatable bonds is 3. The maximum Gasteiger partial charge on any atom is 0.416 e. The van der Waals surface area contributed by atoms with E-state index in [1.54, 1.807) is 0 Å². The molecule has 0 saturated heterocycles. The van der Waals surface area contributed by atoms with Gasteiger partial charge in [-0.3, -0.25) is 4.79 Å². The van der Waals surface area contributed by atoms with Gasteiger partial charge in [0.1, 0.15) is 0 Å². The standard InChI is InChI=1S/C11H13F3N2O.ClH/c1-16(10(17)6-15)7-8-3-2-4-9(5-8)11(12,13)14;/h2-5H,6-7,15H2,1H3;1H. The van der Waals surface area contributed by atoms with Crippen molar-refractivity contribution < 1.29 is 18.0 Å². The number of carbonyl (C=O) groups is 1. The maximum atomic E-state index is 12.4. The fourth-order valence-electron chi connectivity index (χ4n) is 1.36. The number of hydrogen-bond acceptors (Lipinski definition) is 2. The van der Waals surface area contributed by atoms with E-state index >= 15 is 0 Å². The van der Waals surface area contributed by atoms with Gasteiger partial charge in [-0.2, -0.15) is 13.2 Å². The average Bonchev–Trinajstić information content (AvgIpc) is 2.27. The summed E-state index contributed by atoms with van der Waals surface area (Å²) in [7, 11) is 1.50. The predicted octanol–water partition coefficient (Wildman–Crippen LogP) is 2.04. The lowest BCUT2D eigenvalue weighted by Crippen LogP contribution is -2.32. The Labute approximate surface area is 109 Å². The summed E-state index contributed by atoms with van der Waals surface area (Å²) in [6.07, 6.45) is -4.37. The Bertz CT molecular complexity index is 410. The highest BCUT2D eigenvalue weighted by molar-refractivity contribution is 5.85. The van der Waals surface area contributed by atoms with Gasteiger partial charge in [0.2, 0.25) is 5.91 Å². The maximum absolute atomic E-state index is 12.4. The van der Waals surface area contributed by atoms with E-state index in [9.17, 15) is 18.0 Å². The molecule has 7 heteroatoms. The lowest BCUT2D eigenvalue weighted by Gasteiger charge is -2.17. The number of hydrogen-bond donors (Lipinski definition) is 1. The van der Waals surface area contributed by atoms with Gasteiger partial charge < -0.3 is 10.6 Å². The summed E-state index contributed by atoms with van der Waals surface area (Å²) in [4.78, 5) is 12.5. The number of nitrogens with two attached hydrogens (primary N) is 1. The van der Waals surface area contributed by atoms with E-state index in [0.717, 1.165) is 12.1 Å². The third-order valence-electron chi connectivity index (χ3n) is 2.27. The van der Waals surface area contributed by atoms with Gasteiger partial charge in [0, 0.05) is 13.6 Å². The van der Waals surface area contributed by atoms with Crippen molar-refractivity contribution in [2.24, 2.45) is 5.73 Å². The second-order valence-corrected chi connectivity index (χ2v) is 3.65. The minimum Gasteiger partial charge on any atom is -0.340 e. The molecule has 18 heavy (non-hydrogen) atoms. The van der Waals surface area contributed by atoms with Crippen LogP contribution in [-0.4, -0.2) is 24.4 Å². The van der Waals surface area contributed by atoms with E-state index in [1.165, 1.54) is 24.1 Å². The summed E-state index contributed by atoms with van der Waals surface area (Å²) in [6.45, 7) is -0.0462. The van der Waals surface area contributed by atoms with Crippen molar-refractivity contribution in [3.05, 3.63) is 35.4 Å². The molecule has 1 amide bonds. The van der Waals surface area contributed by atoms with Gasteiger partial charge in [-0.25, -0.2) is 0 Å². The summed E-state index contributed by atoms with van der Waals surface area (Å²) in [5.41, 5.74) is 4.86. The van der Waals surface area contributed by atoms with Crippen LogP contribution in [0.1, 0.15) is 11.1 Å². The zero-order valence-corrected chi connectivity index (χ0v) is 10.5. The minimum atomic E-state index is -4.37. The number of carbonyl (C=O) groups excluding carboxylic acids is 1. The molecular formula is C11H14ClF3N2O. The Morgan fingerprint density at radius 2 is 2.00 bits per heavy atom. The van der Waals surface area contributed by atoms with Crippen molar-refractivity contribution in [1.29, 1.82) is 0 Å². The molecule has 1 aromatic carbocycles. The highest BCUT2D eigenvalue weighted by Gasteiger charge is 2.30.